The Morgan fingerprint density at radius 3 is 3.19 bits per heavy atom. The van der Waals surface area contributed by atoms with Crippen LogP contribution >= 0.6 is 11.3 Å². The van der Waals surface area contributed by atoms with Gasteiger partial charge in [-0.25, -0.2) is 0 Å². The largest absolute Gasteiger partial charge is 0.467 e. The van der Waals surface area contributed by atoms with Crippen molar-refractivity contribution in [3.63, 3.8) is 0 Å². The Bertz CT molecular complexity index is 860. The summed E-state index contributed by atoms with van der Waals surface area (Å²) < 4.78 is 12.8. The molecule has 1 aliphatic rings. The molecule has 3 aromatic heterocycles. The van der Waals surface area contributed by atoms with Crippen LogP contribution in [0.3, 0.4) is 0 Å². The first-order valence-electron chi connectivity index (χ1n) is 8.48. The minimum atomic E-state index is -0.0858. The maximum Gasteiger partial charge on any atom is 0.260 e. The molecule has 0 bridgehead atoms. The number of carbonyl (C=O) groups excluding carboxylic acids is 1. The number of hydrogen-bond donors (Lipinski definition) is 0. The molecule has 1 amide bonds. The number of hydrogen-bond acceptors (Lipinski definition) is 7. The molecule has 9 heteroatoms. The van der Waals surface area contributed by atoms with Crippen molar-refractivity contribution >= 4 is 22.9 Å². The van der Waals surface area contributed by atoms with E-state index in [9.17, 15) is 4.79 Å². The van der Waals surface area contributed by atoms with E-state index in [1.165, 1.54) is 10.8 Å². The Balaban J connectivity index is 1.40. The summed E-state index contributed by atoms with van der Waals surface area (Å²) in [5.41, 5.74) is 1.74. The Morgan fingerprint density at radius 2 is 2.38 bits per heavy atom. The van der Waals surface area contributed by atoms with Gasteiger partial charge in [0.2, 0.25) is 5.88 Å². The number of rotatable bonds is 7. The summed E-state index contributed by atoms with van der Waals surface area (Å²) in [6, 6.07) is 5.46. The topological polar surface area (TPSA) is 81.8 Å². The van der Waals surface area contributed by atoms with Crippen LogP contribution < -0.4 is 4.74 Å². The average molecular weight is 373 g/mol. The summed E-state index contributed by atoms with van der Waals surface area (Å²) in [6.45, 7) is 1.83. The van der Waals surface area contributed by atoms with E-state index in [1.54, 1.807) is 28.4 Å². The number of ether oxygens (including phenoxy) is 2. The van der Waals surface area contributed by atoms with Crippen molar-refractivity contribution in [3.05, 3.63) is 40.8 Å². The van der Waals surface area contributed by atoms with Gasteiger partial charge in [0.15, 0.2) is 12.3 Å². The third kappa shape index (κ3) is 4.00. The van der Waals surface area contributed by atoms with Gasteiger partial charge in [0.05, 0.1) is 6.10 Å². The van der Waals surface area contributed by atoms with E-state index in [1.807, 2.05) is 11.4 Å². The molecular formula is C17H19N5O3S. The Kier molecular flexibility index (Phi) is 5.07. The van der Waals surface area contributed by atoms with Gasteiger partial charge < -0.3 is 14.4 Å². The van der Waals surface area contributed by atoms with Gasteiger partial charge >= 0.3 is 0 Å². The van der Waals surface area contributed by atoms with E-state index in [0.29, 0.717) is 24.6 Å². The highest BCUT2D eigenvalue weighted by Crippen LogP contribution is 2.17. The fraction of sp³-hybridized carbons (Fsp3) is 0.412. The van der Waals surface area contributed by atoms with Gasteiger partial charge in [-0.3, -0.25) is 4.79 Å². The third-order valence-electron chi connectivity index (χ3n) is 4.23. The fourth-order valence-corrected chi connectivity index (χ4v) is 3.57. The van der Waals surface area contributed by atoms with E-state index in [4.69, 9.17) is 9.47 Å². The SMILES string of the molecule is O=C(COc1ccc2nncn2n1)N(Cc1ccsc1)C[C@@H]1CCCO1. The molecule has 0 saturated carbocycles. The molecule has 1 fully saturated rings. The highest BCUT2D eigenvalue weighted by molar-refractivity contribution is 7.07. The number of aromatic nitrogens is 4. The van der Waals surface area contributed by atoms with Gasteiger partial charge in [0, 0.05) is 25.8 Å². The summed E-state index contributed by atoms with van der Waals surface area (Å²) in [7, 11) is 0. The van der Waals surface area contributed by atoms with Crippen molar-refractivity contribution in [1.29, 1.82) is 0 Å². The second-order valence-electron chi connectivity index (χ2n) is 6.13. The Morgan fingerprint density at radius 1 is 1.42 bits per heavy atom. The summed E-state index contributed by atoms with van der Waals surface area (Å²) in [5, 5.41) is 15.9. The van der Waals surface area contributed by atoms with E-state index in [-0.39, 0.29) is 18.6 Å². The average Bonchev–Trinajstić information content (AvgIpc) is 3.40. The number of fused-ring (bicyclic) bond motifs is 1. The fourth-order valence-electron chi connectivity index (χ4n) is 2.91. The Labute approximate surface area is 154 Å². The molecule has 4 heterocycles. The second kappa shape index (κ2) is 7.79. The zero-order valence-electron chi connectivity index (χ0n) is 14.2. The van der Waals surface area contributed by atoms with Crippen LogP contribution in [0.15, 0.2) is 35.3 Å². The Hall–Kier alpha value is -2.52. The van der Waals surface area contributed by atoms with E-state index in [0.717, 1.165) is 25.0 Å². The van der Waals surface area contributed by atoms with Gasteiger partial charge in [-0.1, -0.05) is 0 Å². The smallest absolute Gasteiger partial charge is 0.260 e. The number of thiophene rings is 1. The van der Waals surface area contributed by atoms with E-state index < -0.39 is 0 Å². The molecule has 26 heavy (non-hydrogen) atoms. The van der Waals surface area contributed by atoms with Crippen LogP contribution in [0.1, 0.15) is 18.4 Å². The van der Waals surface area contributed by atoms with Crippen molar-refractivity contribution < 1.29 is 14.3 Å². The molecule has 1 saturated heterocycles. The zero-order valence-corrected chi connectivity index (χ0v) is 15.0. The number of amides is 1. The molecule has 0 N–H and O–H groups in total. The third-order valence-corrected chi connectivity index (χ3v) is 4.97. The molecule has 1 atom stereocenters. The highest BCUT2D eigenvalue weighted by atomic mass is 32.1. The first-order chi connectivity index (χ1) is 12.8. The van der Waals surface area contributed by atoms with Crippen molar-refractivity contribution in [1.82, 2.24) is 24.7 Å². The van der Waals surface area contributed by atoms with Crippen molar-refractivity contribution in [2.24, 2.45) is 0 Å². The van der Waals surface area contributed by atoms with Crippen LogP contribution in [0.5, 0.6) is 5.88 Å². The predicted molar refractivity (Wildman–Crippen MR) is 95.0 cm³/mol. The van der Waals surface area contributed by atoms with Gasteiger partial charge in [0.1, 0.15) is 6.33 Å². The minimum absolute atomic E-state index is 0.0719. The molecule has 0 spiro atoms. The van der Waals surface area contributed by atoms with Crippen LogP contribution in [0.25, 0.3) is 5.65 Å². The van der Waals surface area contributed by atoms with Gasteiger partial charge in [-0.2, -0.15) is 15.9 Å². The summed E-state index contributed by atoms with van der Waals surface area (Å²) in [5.74, 6) is 0.274. The monoisotopic (exact) mass is 373 g/mol. The number of nitrogens with zero attached hydrogens (tertiary/aromatic N) is 5. The molecule has 0 radical (unpaired) electrons. The summed E-state index contributed by atoms with van der Waals surface area (Å²) in [4.78, 5) is 14.5. The van der Waals surface area contributed by atoms with Crippen LogP contribution in [0.2, 0.25) is 0 Å². The molecule has 0 unspecified atom stereocenters. The summed E-state index contributed by atoms with van der Waals surface area (Å²) in [6.07, 6.45) is 3.62. The molecular weight excluding hydrogens is 354 g/mol. The van der Waals surface area contributed by atoms with Crippen LogP contribution in [0, 0.1) is 0 Å². The minimum Gasteiger partial charge on any atom is -0.467 e. The zero-order chi connectivity index (χ0) is 17.8. The van der Waals surface area contributed by atoms with Gasteiger partial charge in [-0.05, 0) is 41.3 Å². The molecule has 0 aliphatic carbocycles. The van der Waals surface area contributed by atoms with Crippen molar-refractivity contribution in [3.8, 4) is 5.88 Å². The molecule has 3 aromatic rings. The molecule has 1 aliphatic heterocycles. The van der Waals surface area contributed by atoms with Crippen molar-refractivity contribution in [2.45, 2.75) is 25.5 Å². The van der Waals surface area contributed by atoms with Gasteiger partial charge in [-0.15, -0.1) is 15.3 Å². The van der Waals surface area contributed by atoms with Crippen LogP contribution in [0.4, 0.5) is 0 Å². The lowest BCUT2D eigenvalue weighted by atomic mass is 10.2. The molecule has 8 nitrogen and oxygen atoms in total. The highest BCUT2D eigenvalue weighted by Gasteiger charge is 2.23. The van der Waals surface area contributed by atoms with Crippen molar-refractivity contribution in [2.75, 3.05) is 19.8 Å². The lowest BCUT2D eigenvalue weighted by Crippen LogP contribution is -2.39. The van der Waals surface area contributed by atoms with Crippen LogP contribution in [-0.2, 0) is 16.1 Å². The molecule has 0 aromatic carbocycles. The van der Waals surface area contributed by atoms with E-state index in [2.05, 4.69) is 20.7 Å². The maximum atomic E-state index is 12.7. The quantitative estimate of drug-likeness (QED) is 0.628. The summed E-state index contributed by atoms with van der Waals surface area (Å²) >= 11 is 1.62. The van der Waals surface area contributed by atoms with Crippen LogP contribution in [-0.4, -0.2) is 56.5 Å². The maximum absolute atomic E-state index is 12.7. The predicted octanol–water partition coefficient (Wildman–Crippen LogP) is 1.77. The van der Waals surface area contributed by atoms with E-state index >= 15 is 0 Å². The lowest BCUT2D eigenvalue weighted by Gasteiger charge is -2.25. The normalized spacial score (nSPS) is 16.8. The standard InChI is InChI=1S/C17H19N5O3S/c23-17(10-25-16-4-3-15-19-18-12-22(15)20-16)21(8-13-5-7-26-11-13)9-14-2-1-6-24-14/h3-5,7,11-12,14H,1-2,6,8-10H2/t14-/m0/s1. The van der Waals surface area contributed by atoms with Gasteiger partial charge in [0.25, 0.3) is 5.91 Å². The number of carbonyl (C=O) groups is 1. The lowest BCUT2D eigenvalue weighted by molar-refractivity contribution is -0.135. The first kappa shape index (κ1) is 16.9. The molecule has 4 rings (SSSR count). The molecule has 136 valence electrons. The second-order valence-corrected chi connectivity index (χ2v) is 6.91. The first-order valence-corrected chi connectivity index (χ1v) is 9.42.